The summed E-state index contributed by atoms with van der Waals surface area (Å²) < 4.78 is 0. The second kappa shape index (κ2) is 6.70. The average Bonchev–Trinajstić information content (AvgIpc) is 2.48. The Kier molecular flexibility index (Phi) is 4.92. The van der Waals surface area contributed by atoms with Crippen molar-refractivity contribution < 1.29 is 4.79 Å². The van der Waals surface area contributed by atoms with Crippen LogP contribution in [0.5, 0.6) is 0 Å². The Labute approximate surface area is 134 Å². The van der Waals surface area contributed by atoms with E-state index in [1.807, 2.05) is 26.0 Å². The van der Waals surface area contributed by atoms with Crippen LogP contribution < -0.4 is 11.1 Å². The first kappa shape index (κ1) is 16.2. The lowest BCUT2D eigenvalue weighted by Crippen LogP contribution is -2.40. The van der Waals surface area contributed by atoms with Crippen LogP contribution in [-0.2, 0) is 4.79 Å². The maximum atomic E-state index is 11.6. The lowest BCUT2D eigenvalue weighted by Gasteiger charge is -2.20. The van der Waals surface area contributed by atoms with Gasteiger partial charge in [0, 0.05) is 6.20 Å². The zero-order chi connectivity index (χ0) is 16.3. The van der Waals surface area contributed by atoms with E-state index >= 15 is 0 Å². The van der Waals surface area contributed by atoms with Crippen LogP contribution in [0.15, 0.2) is 24.4 Å². The number of carbonyl (C=O) groups excluding carboxylic acids is 1. The molecule has 0 aliphatic heterocycles. The third-order valence-electron chi connectivity index (χ3n) is 3.18. The van der Waals surface area contributed by atoms with E-state index in [4.69, 9.17) is 17.3 Å². The maximum Gasteiger partial charge on any atom is 0.240 e. The van der Waals surface area contributed by atoms with Gasteiger partial charge in [-0.3, -0.25) is 9.78 Å². The Hall–Kier alpha value is -2.21. The second-order valence-corrected chi connectivity index (χ2v) is 5.66. The van der Waals surface area contributed by atoms with Crippen molar-refractivity contribution in [2.24, 2.45) is 11.7 Å². The number of nitrogens with two attached hydrogens (primary N) is 1. The number of hydrogen-bond acceptors (Lipinski definition) is 5. The minimum absolute atomic E-state index is 0.00198. The average molecular weight is 320 g/mol. The summed E-state index contributed by atoms with van der Waals surface area (Å²) in [5.41, 5.74) is 6.66. The topological polar surface area (TPSA) is 93.8 Å². The fraction of sp³-hybridized carbons (Fsp3) is 0.333. The van der Waals surface area contributed by atoms with Gasteiger partial charge in [-0.2, -0.15) is 0 Å². The van der Waals surface area contributed by atoms with Gasteiger partial charge in [0.05, 0.1) is 5.69 Å². The first-order valence-corrected chi connectivity index (χ1v) is 7.29. The van der Waals surface area contributed by atoms with Gasteiger partial charge in [0.25, 0.3) is 0 Å². The molecule has 0 spiro atoms. The minimum Gasteiger partial charge on any atom is -0.368 e. The number of halogens is 1. The molecule has 0 saturated heterocycles. The number of aromatic nitrogens is 3. The number of hydrogen-bond donors (Lipinski definition) is 2. The van der Waals surface area contributed by atoms with Gasteiger partial charge in [0.15, 0.2) is 5.82 Å². The molecule has 2 rings (SSSR count). The molecule has 2 aromatic heterocycles. The van der Waals surface area contributed by atoms with Gasteiger partial charge >= 0.3 is 0 Å². The molecular weight excluding hydrogens is 302 g/mol. The maximum absolute atomic E-state index is 11.6. The Morgan fingerprint density at radius 2 is 2.05 bits per heavy atom. The van der Waals surface area contributed by atoms with Crippen LogP contribution in [0.25, 0.3) is 11.5 Å². The molecule has 2 heterocycles. The largest absolute Gasteiger partial charge is 0.368 e. The molecule has 0 aliphatic rings. The number of amides is 1. The quantitative estimate of drug-likeness (QED) is 0.882. The summed E-state index contributed by atoms with van der Waals surface area (Å²) in [7, 11) is 0. The molecule has 0 saturated carbocycles. The molecule has 22 heavy (non-hydrogen) atoms. The summed E-state index contributed by atoms with van der Waals surface area (Å²) >= 11 is 6.25. The van der Waals surface area contributed by atoms with Gasteiger partial charge in [0.2, 0.25) is 5.91 Å². The monoisotopic (exact) mass is 319 g/mol. The van der Waals surface area contributed by atoms with Gasteiger partial charge in [-0.1, -0.05) is 31.5 Å². The van der Waals surface area contributed by atoms with Crippen molar-refractivity contribution in [2.45, 2.75) is 26.8 Å². The summed E-state index contributed by atoms with van der Waals surface area (Å²) in [5.74, 6) is 0.369. The van der Waals surface area contributed by atoms with Crippen LogP contribution in [0.4, 0.5) is 5.82 Å². The molecule has 7 heteroatoms. The molecule has 1 atom stereocenters. The lowest BCUT2D eigenvalue weighted by atomic mass is 10.0. The van der Waals surface area contributed by atoms with E-state index in [1.54, 1.807) is 19.2 Å². The lowest BCUT2D eigenvalue weighted by molar-refractivity contribution is -0.119. The molecule has 0 aliphatic carbocycles. The second-order valence-electron chi connectivity index (χ2n) is 5.28. The summed E-state index contributed by atoms with van der Waals surface area (Å²) in [4.78, 5) is 24.5. The Morgan fingerprint density at radius 3 is 2.59 bits per heavy atom. The fourth-order valence-electron chi connectivity index (χ4n) is 1.98. The van der Waals surface area contributed by atoms with Crippen molar-refractivity contribution in [3.05, 3.63) is 35.1 Å². The Morgan fingerprint density at radius 1 is 1.32 bits per heavy atom. The standard InChI is InChI=1S/C15H18ClN5O/c1-8(2)12(13(17)22)20-15-11(16)9(3)19-14(21-15)10-6-4-5-7-18-10/h4-8,12H,1-3H3,(H2,17,22)(H,19,20,21). The van der Waals surface area contributed by atoms with Crippen LogP contribution in [-0.4, -0.2) is 26.9 Å². The third kappa shape index (κ3) is 3.51. The van der Waals surface area contributed by atoms with Crippen molar-refractivity contribution in [2.75, 3.05) is 5.32 Å². The molecule has 0 fully saturated rings. The van der Waals surface area contributed by atoms with E-state index in [0.29, 0.717) is 28.1 Å². The van der Waals surface area contributed by atoms with Gasteiger partial charge in [-0.15, -0.1) is 0 Å². The fourth-order valence-corrected chi connectivity index (χ4v) is 2.12. The van der Waals surface area contributed by atoms with Gasteiger partial charge in [-0.05, 0) is 25.0 Å². The van der Waals surface area contributed by atoms with Crippen LogP contribution >= 0.6 is 11.6 Å². The van der Waals surface area contributed by atoms with Gasteiger partial charge in [0.1, 0.15) is 22.6 Å². The van der Waals surface area contributed by atoms with Crippen LogP contribution in [0.1, 0.15) is 19.5 Å². The molecule has 2 aromatic rings. The number of pyridine rings is 1. The summed E-state index contributed by atoms with van der Waals surface area (Å²) in [6.45, 7) is 5.56. The van der Waals surface area contributed by atoms with Crippen LogP contribution in [0.3, 0.4) is 0 Å². The third-order valence-corrected chi connectivity index (χ3v) is 3.63. The van der Waals surface area contributed by atoms with E-state index in [-0.39, 0.29) is 5.92 Å². The number of nitrogens with one attached hydrogen (secondary N) is 1. The van der Waals surface area contributed by atoms with E-state index in [2.05, 4.69) is 20.3 Å². The van der Waals surface area contributed by atoms with E-state index in [1.165, 1.54) is 0 Å². The van der Waals surface area contributed by atoms with Crippen molar-refractivity contribution >= 4 is 23.3 Å². The van der Waals surface area contributed by atoms with Crippen molar-refractivity contribution in [1.82, 2.24) is 15.0 Å². The SMILES string of the molecule is Cc1nc(-c2ccccn2)nc(NC(C(N)=O)C(C)C)c1Cl. The Bertz CT molecular complexity index is 675. The van der Waals surface area contributed by atoms with Gasteiger partial charge in [-0.25, -0.2) is 9.97 Å². The van der Waals surface area contributed by atoms with Crippen molar-refractivity contribution in [3.63, 3.8) is 0 Å². The highest BCUT2D eigenvalue weighted by Crippen LogP contribution is 2.26. The molecule has 0 bridgehead atoms. The molecule has 1 amide bonds. The number of primary amides is 1. The number of carbonyl (C=O) groups is 1. The summed E-state index contributed by atoms with van der Waals surface area (Å²) in [6.07, 6.45) is 1.66. The number of aryl methyl sites for hydroxylation is 1. The molecular formula is C15H18ClN5O. The van der Waals surface area contributed by atoms with Crippen LogP contribution in [0, 0.1) is 12.8 Å². The van der Waals surface area contributed by atoms with E-state index in [9.17, 15) is 4.79 Å². The molecule has 3 N–H and O–H groups in total. The molecule has 0 aromatic carbocycles. The summed E-state index contributed by atoms with van der Waals surface area (Å²) in [6, 6.07) is 4.90. The first-order chi connectivity index (χ1) is 10.4. The van der Waals surface area contributed by atoms with Crippen molar-refractivity contribution in [1.29, 1.82) is 0 Å². The number of nitrogens with zero attached hydrogens (tertiary/aromatic N) is 3. The summed E-state index contributed by atoms with van der Waals surface area (Å²) in [5, 5.41) is 3.38. The zero-order valence-electron chi connectivity index (χ0n) is 12.7. The smallest absolute Gasteiger partial charge is 0.240 e. The van der Waals surface area contributed by atoms with E-state index < -0.39 is 11.9 Å². The predicted molar refractivity (Wildman–Crippen MR) is 86.5 cm³/mol. The highest BCUT2D eigenvalue weighted by Gasteiger charge is 2.22. The predicted octanol–water partition coefficient (Wildman–Crippen LogP) is 2.42. The minimum atomic E-state index is -0.566. The molecule has 0 radical (unpaired) electrons. The molecule has 6 nitrogen and oxygen atoms in total. The zero-order valence-corrected chi connectivity index (χ0v) is 13.4. The van der Waals surface area contributed by atoms with Crippen LogP contribution in [0.2, 0.25) is 5.02 Å². The normalized spacial score (nSPS) is 12.2. The number of anilines is 1. The van der Waals surface area contributed by atoms with Gasteiger partial charge < -0.3 is 11.1 Å². The molecule has 116 valence electrons. The van der Waals surface area contributed by atoms with E-state index in [0.717, 1.165) is 0 Å². The Balaban J connectivity index is 2.43. The number of rotatable bonds is 5. The highest BCUT2D eigenvalue weighted by atomic mass is 35.5. The van der Waals surface area contributed by atoms with Crippen molar-refractivity contribution in [3.8, 4) is 11.5 Å². The first-order valence-electron chi connectivity index (χ1n) is 6.91. The molecule has 1 unspecified atom stereocenters. The highest BCUT2D eigenvalue weighted by molar-refractivity contribution is 6.33.